The minimum atomic E-state index is -0.129. The highest BCUT2D eigenvalue weighted by Crippen LogP contribution is 2.10. The summed E-state index contributed by atoms with van der Waals surface area (Å²) in [4.78, 5) is 24.3. The summed E-state index contributed by atoms with van der Waals surface area (Å²) in [5.74, 6) is 0. The Bertz CT molecular complexity index is 678. The maximum absolute atomic E-state index is 12.1. The van der Waals surface area contributed by atoms with Crippen LogP contribution in [-0.4, -0.2) is 15.0 Å². The maximum Gasteiger partial charge on any atom is 0.215 e. The van der Waals surface area contributed by atoms with E-state index in [0.717, 1.165) is 5.39 Å². The van der Waals surface area contributed by atoms with Gasteiger partial charge in [-0.1, -0.05) is 6.07 Å². The molecule has 0 unspecified atom stereocenters. The van der Waals surface area contributed by atoms with Crippen molar-refractivity contribution in [2.24, 2.45) is 0 Å². The number of pyridine rings is 1. The van der Waals surface area contributed by atoms with Gasteiger partial charge in [0.1, 0.15) is 5.52 Å². The predicted molar refractivity (Wildman–Crippen MR) is 61.1 cm³/mol. The molecule has 2 aromatic heterocycles. The molecule has 0 aliphatic heterocycles. The number of nitrogens with zero attached hydrogens (tertiary/aromatic N) is 3. The molecule has 0 amide bonds. The summed E-state index contributed by atoms with van der Waals surface area (Å²) in [6.45, 7) is 0. The lowest BCUT2D eigenvalue weighted by atomic mass is 10.2. The Balaban J connectivity index is 2.69. The van der Waals surface area contributed by atoms with Crippen LogP contribution in [0.4, 0.5) is 0 Å². The van der Waals surface area contributed by atoms with Gasteiger partial charge in [-0.25, -0.2) is 4.98 Å². The third kappa shape index (κ3) is 1.24. The minimum absolute atomic E-state index is 0.129. The van der Waals surface area contributed by atoms with Crippen LogP contribution in [0.15, 0.2) is 47.8 Å². The first-order valence-electron chi connectivity index (χ1n) is 4.84. The van der Waals surface area contributed by atoms with Crippen LogP contribution in [0, 0.1) is 0 Å². The molecule has 3 aromatic rings. The molecule has 0 saturated heterocycles. The van der Waals surface area contributed by atoms with E-state index in [1.54, 1.807) is 30.7 Å². The van der Waals surface area contributed by atoms with E-state index in [4.69, 9.17) is 0 Å². The molecule has 16 heavy (non-hydrogen) atoms. The normalized spacial score (nSPS) is 10.8. The SMILES string of the molecule is O=c1c2cnccc2ccc2nccnc12. The van der Waals surface area contributed by atoms with Crippen molar-refractivity contribution >= 4 is 21.8 Å². The lowest BCUT2D eigenvalue weighted by Crippen LogP contribution is -2.01. The molecule has 0 atom stereocenters. The van der Waals surface area contributed by atoms with Gasteiger partial charge < -0.3 is 0 Å². The molecule has 4 heteroatoms. The van der Waals surface area contributed by atoms with Gasteiger partial charge in [0.25, 0.3) is 0 Å². The second-order valence-corrected chi connectivity index (χ2v) is 3.42. The van der Waals surface area contributed by atoms with Gasteiger partial charge in [-0.15, -0.1) is 0 Å². The van der Waals surface area contributed by atoms with E-state index in [1.165, 1.54) is 6.20 Å². The standard InChI is InChI=1S/C12H7N3O/c16-12-9-7-13-4-3-8(9)1-2-10-11(12)15-6-5-14-10/h1-7H. The molecule has 0 aliphatic rings. The molecule has 4 nitrogen and oxygen atoms in total. The first kappa shape index (κ1) is 8.91. The van der Waals surface area contributed by atoms with E-state index in [1.807, 2.05) is 6.07 Å². The van der Waals surface area contributed by atoms with Crippen LogP contribution in [0.5, 0.6) is 0 Å². The molecule has 3 rings (SSSR count). The van der Waals surface area contributed by atoms with Gasteiger partial charge in [0, 0.05) is 30.2 Å². The zero-order valence-electron chi connectivity index (χ0n) is 8.29. The Kier molecular flexibility index (Phi) is 1.86. The Morgan fingerprint density at radius 3 is 2.75 bits per heavy atom. The Morgan fingerprint density at radius 2 is 1.81 bits per heavy atom. The van der Waals surface area contributed by atoms with Gasteiger partial charge >= 0.3 is 0 Å². The van der Waals surface area contributed by atoms with E-state index >= 15 is 0 Å². The van der Waals surface area contributed by atoms with Crippen LogP contribution in [-0.2, 0) is 0 Å². The summed E-state index contributed by atoms with van der Waals surface area (Å²) in [6, 6.07) is 5.46. The minimum Gasteiger partial charge on any atom is -0.287 e. The van der Waals surface area contributed by atoms with E-state index in [0.29, 0.717) is 16.4 Å². The third-order valence-corrected chi connectivity index (χ3v) is 2.46. The fraction of sp³-hybridized carbons (Fsp3) is 0. The van der Waals surface area contributed by atoms with Crippen molar-refractivity contribution in [3.8, 4) is 0 Å². The quantitative estimate of drug-likeness (QED) is 0.563. The van der Waals surface area contributed by atoms with Crippen molar-refractivity contribution in [3.05, 3.63) is 53.2 Å². The Morgan fingerprint density at radius 1 is 0.938 bits per heavy atom. The summed E-state index contributed by atoms with van der Waals surface area (Å²) in [5.41, 5.74) is 0.852. The van der Waals surface area contributed by atoms with Crippen LogP contribution < -0.4 is 5.43 Å². The molecular formula is C12H7N3O. The van der Waals surface area contributed by atoms with E-state index in [9.17, 15) is 4.79 Å². The molecule has 0 saturated carbocycles. The summed E-state index contributed by atoms with van der Waals surface area (Å²) in [5, 5.41) is 1.41. The molecule has 0 fully saturated rings. The maximum atomic E-state index is 12.1. The van der Waals surface area contributed by atoms with Gasteiger partial charge in [-0.2, -0.15) is 0 Å². The number of fused-ring (bicyclic) bond motifs is 2. The van der Waals surface area contributed by atoms with Crippen LogP contribution in [0.25, 0.3) is 21.8 Å². The van der Waals surface area contributed by atoms with Gasteiger partial charge in [0.15, 0.2) is 0 Å². The van der Waals surface area contributed by atoms with Crippen molar-refractivity contribution < 1.29 is 0 Å². The first-order chi connectivity index (χ1) is 7.86. The van der Waals surface area contributed by atoms with E-state index in [-0.39, 0.29) is 5.43 Å². The Hall–Kier alpha value is -2.36. The largest absolute Gasteiger partial charge is 0.287 e. The summed E-state index contributed by atoms with van der Waals surface area (Å²) >= 11 is 0. The van der Waals surface area contributed by atoms with Gasteiger partial charge in [-0.3, -0.25) is 14.8 Å². The van der Waals surface area contributed by atoms with Crippen molar-refractivity contribution in [2.45, 2.75) is 0 Å². The highest BCUT2D eigenvalue weighted by Gasteiger charge is 2.02. The summed E-state index contributed by atoms with van der Waals surface area (Å²) in [7, 11) is 0. The fourth-order valence-electron chi connectivity index (χ4n) is 1.68. The zero-order chi connectivity index (χ0) is 11.0. The van der Waals surface area contributed by atoms with Crippen LogP contribution in [0.3, 0.4) is 0 Å². The van der Waals surface area contributed by atoms with E-state index in [2.05, 4.69) is 15.0 Å². The molecular weight excluding hydrogens is 202 g/mol. The Labute approximate surface area is 90.6 Å². The molecule has 76 valence electrons. The molecule has 0 aliphatic carbocycles. The van der Waals surface area contributed by atoms with Gasteiger partial charge in [0.05, 0.1) is 5.52 Å². The van der Waals surface area contributed by atoms with Crippen molar-refractivity contribution in [2.75, 3.05) is 0 Å². The number of hydrogen-bond acceptors (Lipinski definition) is 4. The molecule has 0 bridgehead atoms. The van der Waals surface area contributed by atoms with Crippen molar-refractivity contribution in [1.82, 2.24) is 15.0 Å². The fourth-order valence-corrected chi connectivity index (χ4v) is 1.68. The van der Waals surface area contributed by atoms with Crippen LogP contribution >= 0.6 is 0 Å². The average Bonchev–Trinajstić information content (AvgIpc) is 2.49. The molecule has 1 aromatic carbocycles. The third-order valence-electron chi connectivity index (χ3n) is 2.46. The van der Waals surface area contributed by atoms with Gasteiger partial charge in [-0.05, 0) is 17.5 Å². The molecule has 2 heterocycles. The monoisotopic (exact) mass is 209 g/mol. The van der Waals surface area contributed by atoms with Crippen molar-refractivity contribution in [3.63, 3.8) is 0 Å². The summed E-state index contributed by atoms with van der Waals surface area (Å²) < 4.78 is 0. The average molecular weight is 209 g/mol. The molecule has 0 spiro atoms. The number of rotatable bonds is 0. The number of hydrogen-bond donors (Lipinski definition) is 0. The first-order valence-corrected chi connectivity index (χ1v) is 4.84. The second kappa shape index (κ2) is 3.34. The van der Waals surface area contributed by atoms with E-state index < -0.39 is 0 Å². The van der Waals surface area contributed by atoms with Crippen molar-refractivity contribution in [1.29, 1.82) is 0 Å². The summed E-state index contributed by atoms with van der Waals surface area (Å²) in [6.07, 6.45) is 6.32. The highest BCUT2D eigenvalue weighted by atomic mass is 16.1. The van der Waals surface area contributed by atoms with Crippen LogP contribution in [0.2, 0.25) is 0 Å². The van der Waals surface area contributed by atoms with Crippen LogP contribution in [0.1, 0.15) is 0 Å². The molecule has 0 N–H and O–H groups in total. The smallest absolute Gasteiger partial charge is 0.215 e. The van der Waals surface area contributed by atoms with Gasteiger partial charge in [0.2, 0.25) is 5.43 Å². The lowest BCUT2D eigenvalue weighted by Gasteiger charge is -1.88. The highest BCUT2D eigenvalue weighted by molar-refractivity contribution is 5.88. The predicted octanol–water partition coefficient (Wildman–Crippen LogP) is 1.54. The zero-order valence-corrected chi connectivity index (χ0v) is 8.29. The number of aromatic nitrogens is 3. The second-order valence-electron chi connectivity index (χ2n) is 3.42. The lowest BCUT2D eigenvalue weighted by molar-refractivity contribution is 1.29. The molecule has 0 radical (unpaired) electrons. The topological polar surface area (TPSA) is 55.7 Å².